The molecule has 0 bridgehead atoms. The van der Waals surface area contributed by atoms with E-state index in [2.05, 4.69) is 14.5 Å². The lowest BCUT2D eigenvalue weighted by atomic mass is 10.1. The second-order valence-corrected chi connectivity index (χ2v) is 4.56. The van der Waals surface area contributed by atoms with Gasteiger partial charge in [-0.25, -0.2) is 4.98 Å². The van der Waals surface area contributed by atoms with Crippen molar-refractivity contribution in [1.82, 2.24) is 14.5 Å². The van der Waals surface area contributed by atoms with Crippen LogP contribution in [0.4, 0.5) is 0 Å². The molecule has 2 aromatic heterocycles. The van der Waals surface area contributed by atoms with Crippen molar-refractivity contribution >= 4 is 0 Å². The molecule has 3 rings (SSSR count). The Morgan fingerprint density at radius 2 is 2.06 bits per heavy atom. The Kier molecular flexibility index (Phi) is 2.65. The molecule has 2 N–H and O–H groups in total. The number of hydrogen-bond donors (Lipinski definition) is 1. The van der Waals surface area contributed by atoms with E-state index in [4.69, 9.17) is 5.73 Å². The van der Waals surface area contributed by atoms with Crippen LogP contribution < -0.4 is 5.73 Å². The first-order valence-corrected chi connectivity index (χ1v) is 6.02. The third-order valence-corrected chi connectivity index (χ3v) is 3.41. The van der Waals surface area contributed by atoms with Gasteiger partial charge in [0, 0.05) is 24.5 Å². The molecule has 0 aliphatic heterocycles. The molecule has 0 amide bonds. The molecule has 1 aliphatic carbocycles. The first kappa shape index (κ1) is 10.5. The van der Waals surface area contributed by atoms with Gasteiger partial charge in [0.2, 0.25) is 0 Å². The maximum absolute atomic E-state index is 5.89. The summed E-state index contributed by atoms with van der Waals surface area (Å²) >= 11 is 0. The van der Waals surface area contributed by atoms with E-state index in [1.54, 1.807) is 12.4 Å². The van der Waals surface area contributed by atoms with E-state index in [1.807, 2.05) is 24.7 Å². The van der Waals surface area contributed by atoms with Gasteiger partial charge >= 0.3 is 0 Å². The molecule has 2 heterocycles. The van der Waals surface area contributed by atoms with Crippen molar-refractivity contribution in [3.8, 4) is 11.3 Å². The van der Waals surface area contributed by atoms with E-state index in [9.17, 15) is 0 Å². The van der Waals surface area contributed by atoms with Gasteiger partial charge < -0.3 is 10.3 Å². The van der Waals surface area contributed by atoms with E-state index in [0.29, 0.717) is 12.6 Å². The first-order valence-electron chi connectivity index (χ1n) is 6.02. The Bertz CT molecular complexity index is 487. The topological polar surface area (TPSA) is 56.7 Å². The second kappa shape index (κ2) is 4.30. The number of rotatable bonds is 4. The molecule has 1 saturated carbocycles. The average molecular weight is 228 g/mol. The van der Waals surface area contributed by atoms with Gasteiger partial charge in [-0.1, -0.05) is 0 Å². The number of nitrogens with two attached hydrogens (primary N) is 1. The van der Waals surface area contributed by atoms with Gasteiger partial charge in [0.05, 0.1) is 24.3 Å². The summed E-state index contributed by atoms with van der Waals surface area (Å²) in [5.41, 5.74) is 8.17. The fourth-order valence-corrected chi connectivity index (χ4v) is 2.33. The highest BCUT2D eigenvalue weighted by atomic mass is 15.1. The van der Waals surface area contributed by atoms with Crippen LogP contribution in [0.1, 0.15) is 18.9 Å². The van der Waals surface area contributed by atoms with Gasteiger partial charge in [0.15, 0.2) is 0 Å². The lowest BCUT2D eigenvalue weighted by Crippen LogP contribution is -2.21. The van der Waals surface area contributed by atoms with Crippen LogP contribution in [0.3, 0.4) is 0 Å². The second-order valence-electron chi connectivity index (χ2n) is 4.56. The predicted octanol–water partition coefficient (Wildman–Crippen LogP) is 1.85. The molecule has 1 fully saturated rings. The van der Waals surface area contributed by atoms with Crippen molar-refractivity contribution < 1.29 is 0 Å². The maximum Gasteiger partial charge on any atom is 0.0954 e. The zero-order valence-electron chi connectivity index (χ0n) is 9.66. The summed E-state index contributed by atoms with van der Waals surface area (Å²) in [6.07, 6.45) is 9.99. The monoisotopic (exact) mass is 228 g/mol. The molecule has 0 radical (unpaired) electrons. The van der Waals surface area contributed by atoms with Gasteiger partial charge in [-0.2, -0.15) is 0 Å². The molecular formula is C13H16N4. The molecule has 4 heteroatoms. The Hall–Kier alpha value is -1.68. The Labute approximate surface area is 101 Å². The molecular weight excluding hydrogens is 212 g/mol. The molecule has 1 aliphatic rings. The SMILES string of the molecule is NCC(C1CC1)n1cncc1-c1ccncc1. The summed E-state index contributed by atoms with van der Waals surface area (Å²) in [4.78, 5) is 8.31. The van der Waals surface area contributed by atoms with Gasteiger partial charge in [0.1, 0.15) is 0 Å². The minimum absolute atomic E-state index is 0.390. The van der Waals surface area contributed by atoms with E-state index < -0.39 is 0 Å². The first-order chi connectivity index (χ1) is 8.40. The van der Waals surface area contributed by atoms with Gasteiger partial charge in [-0.3, -0.25) is 4.98 Å². The van der Waals surface area contributed by atoms with Crippen molar-refractivity contribution in [2.45, 2.75) is 18.9 Å². The van der Waals surface area contributed by atoms with E-state index >= 15 is 0 Å². The van der Waals surface area contributed by atoms with Crippen molar-refractivity contribution in [3.05, 3.63) is 37.1 Å². The Balaban J connectivity index is 1.98. The predicted molar refractivity (Wildman–Crippen MR) is 66.3 cm³/mol. The minimum atomic E-state index is 0.390. The summed E-state index contributed by atoms with van der Waals surface area (Å²) in [5.74, 6) is 0.731. The van der Waals surface area contributed by atoms with Crippen LogP contribution in [0, 0.1) is 5.92 Å². The summed E-state index contributed by atoms with van der Waals surface area (Å²) in [5, 5.41) is 0. The summed E-state index contributed by atoms with van der Waals surface area (Å²) in [6.45, 7) is 0.680. The number of imidazole rings is 1. The average Bonchev–Trinajstić information content (AvgIpc) is 3.09. The van der Waals surface area contributed by atoms with Crippen molar-refractivity contribution in [3.63, 3.8) is 0 Å². The van der Waals surface area contributed by atoms with Crippen LogP contribution >= 0.6 is 0 Å². The maximum atomic E-state index is 5.89. The molecule has 1 atom stereocenters. The molecule has 0 aromatic carbocycles. The van der Waals surface area contributed by atoms with Crippen LogP contribution in [-0.4, -0.2) is 21.1 Å². The highest BCUT2D eigenvalue weighted by Gasteiger charge is 2.32. The summed E-state index contributed by atoms with van der Waals surface area (Å²) in [7, 11) is 0. The molecule has 2 aromatic rings. The zero-order valence-corrected chi connectivity index (χ0v) is 9.66. The van der Waals surface area contributed by atoms with E-state index in [1.165, 1.54) is 12.8 Å². The Morgan fingerprint density at radius 1 is 1.29 bits per heavy atom. The summed E-state index contributed by atoms with van der Waals surface area (Å²) in [6, 6.07) is 4.41. The molecule has 17 heavy (non-hydrogen) atoms. The van der Waals surface area contributed by atoms with Crippen LogP contribution in [0.2, 0.25) is 0 Å². The highest BCUT2D eigenvalue weighted by molar-refractivity contribution is 5.58. The lowest BCUT2D eigenvalue weighted by molar-refractivity contribution is 0.458. The van der Waals surface area contributed by atoms with Crippen molar-refractivity contribution in [2.75, 3.05) is 6.54 Å². The number of hydrogen-bond acceptors (Lipinski definition) is 3. The fourth-order valence-electron chi connectivity index (χ4n) is 2.33. The van der Waals surface area contributed by atoms with Crippen molar-refractivity contribution in [2.24, 2.45) is 11.7 Å². The van der Waals surface area contributed by atoms with Gasteiger partial charge in [-0.15, -0.1) is 0 Å². The largest absolute Gasteiger partial charge is 0.328 e. The van der Waals surface area contributed by atoms with Crippen LogP contribution in [0.5, 0.6) is 0 Å². The van der Waals surface area contributed by atoms with Crippen molar-refractivity contribution in [1.29, 1.82) is 0 Å². The zero-order chi connectivity index (χ0) is 11.7. The smallest absolute Gasteiger partial charge is 0.0954 e. The number of nitrogens with zero attached hydrogens (tertiary/aromatic N) is 3. The quantitative estimate of drug-likeness (QED) is 0.869. The molecule has 0 spiro atoms. The lowest BCUT2D eigenvalue weighted by Gasteiger charge is -2.18. The van der Waals surface area contributed by atoms with Crippen LogP contribution in [0.15, 0.2) is 37.1 Å². The van der Waals surface area contributed by atoms with E-state index in [-0.39, 0.29) is 0 Å². The minimum Gasteiger partial charge on any atom is -0.328 e. The number of pyridine rings is 1. The van der Waals surface area contributed by atoms with Gasteiger partial charge in [0.25, 0.3) is 0 Å². The fraction of sp³-hybridized carbons (Fsp3) is 0.385. The highest BCUT2D eigenvalue weighted by Crippen LogP contribution is 2.40. The summed E-state index contributed by atoms with van der Waals surface area (Å²) < 4.78 is 2.22. The van der Waals surface area contributed by atoms with Gasteiger partial charge in [-0.05, 0) is 30.9 Å². The van der Waals surface area contributed by atoms with Crippen LogP contribution in [-0.2, 0) is 0 Å². The molecule has 1 unspecified atom stereocenters. The van der Waals surface area contributed by atoms with Crippen LogP contribution in [0.25, 0.3) is 11.3 Å². The standard InChI is InChI=1S/C13H16N4/c14-7-12(10-1-2-10)17-9-16-8-13(17)11-3-5-15-6-4-11/h3-6,8-10,12H,1-2,7,14H2. The Morgan fingerprint density at radius 3 is 2.71 bits per heavy atom. The third kappa shape index (κ3) is 1.96. The molecule has 88 valence electrons. The normalized spacial score (nSPS) is 17.0. The molecule has 4 nitrogen and oxygen atoms in total. The number of aromatic nitrogens is 3. The van der Waals surface area contributed by atoms with E-state index in [0.717, 1.165) is 17.2 Å². The third-order valence-electron chi connectivity index (χ3n) is 3.41. The molecule has 0 saturated heterocycles.